The molecule has 0 spiro atoms. The first-order chi connectivity index (χ1) is 10.6. The Morgan fingerprint density at radius 3 is 2.50 bits per heavy atom. The van der Waals surface area contributed by atoms with Crippen molar-refractivity contribution in [3.05, 3.63) is 62.0 Å². The first-order valence-corrected chi connectivity index (χ1v) is 8.52. The molecule has 0 aromatic heterocycles. The third kappa shape index (κ3) is 4.81. The minimum atomic E-state index is 0.639. The van der Waals surface area contributed by atoms with Crippen LogP contribution in [0.4, 0.5) is 0 Å². The summed E-state index contributed by atoms with van der Waals surface area (Å²) in [7, 11) is 3.40. The van der Waals surface area contributed by atoms with Crippen LogP contribution in [0.2, 0.25) is 0 Å². The molecule has 0 heterocycles. The molecule has 1 N–H and O–H groups in total. The highest BCUT2D eigenvalue weighted by Gasteiger charge is 2.09. The van der Waals surface area contributed by atoms with Crippen molar-refractivity contribution in [3.8, 4) is 5.75 Å². The Balaban J connectivity index is 2.00. The number of hydrogen-bond acceptors (Lipinski definition) is 3. The molecule has 0 radical (unpaired) electrons. The van der Waals surface area contributed by atoms with Gasteiger partial charge in [0.25, 0.3) is 0 Å². The van der Waals surface area contributed by atoms with Crippen LogP contribution < -0.4 is 10.1 Å². The van der Waals surface area contributed by atoms with Gasteiger partial charge in [0.2, 0.25) is 0 Å². The van der Waals surface area contributed by atoms with Crippen LogP contribution in [0, 0.1) is 0 Å². The molecule has 2 aromatic carbocycles. The number of nitrogens with one attached hydrogen (secondary N) is 1. The van der Waals surface area contributed by atoms with Crippen LogP contribution in [0.15, 0.2) is 45.3 Å². The van der Waals surface area contributed by atoms with Crippen LogP contribution in [0.5, 0.6) is 5.75 Å². The third-order valence-corrected chi connectivity index (χ3v) is 4.28. The molecular formula is C17H19Br2NO2. The number of hydrogen-bond donors (Lipinski definition) is 1. The second-order valence-corrected chi connectivity index (χ2v) is 6.71. The van der Waals surface area contributed by atoms with Gasteiger partial charge in [0.1, 0.15) is 5.75 Å². The molecule has 2 rings (SSSR count). The molecule has 0 atom stereocenters. The van der Waals surface area contributed by atoms with Gasteiger partial charge in [0.15, 0.2) is 0 Å². The van der Waals surface area contributed by atoms with Crippen LogP contribution in [0.25, 0.3) is 0 Å². The molecule has 22 heavy (non-hydrogen) atoms. The quantitative estimate of drug-likeness (QED) is 0.695. The van der Waals surface area contributed by atoms with E-state index >= 15 is 0 Å². The maximum absolute atomic E-state index is 5.46. The van der Waals surface area contributed by atoms with Crippen LogP contribution in [0.1, 0.15) is 16.7 Å². The SMILES string of the molecule is COCc1cccc(CNCc2cc(Br)cc(Br)c2OC)c1. The molecule has 0 saturated heterocycles. The highest BCUT2D eigenvalue weighted by molar-refractivity contribution is 9.11. The second-order valence-electron chi connectivity index (χ2n) is 4.94. The van der Waals surface area contributed by atoms with Crippen molar-refractivity contribution in [1.82, 2.24) is 5.32 Å². The molecule has 0 unspecified atom stereocenters. The van der Waals surface area contributed by atoms with Gasteiger partial charge in [-0.3, -0.25) is 0 Å². The summed E-state index contributed by atoms with van der Waals surface area (Å²) < 4.78 is 12.6. The fourth-order valence-corrected chi connectivity index (χ4v) is 3.79. The molecular weight excluding hydrogens is 410 g/mol. The largest absolute Gasteiger partial charge is 0.495 e. The summed E-state index contributed by atoms with van der Waals surface area (Å²) >= 11 is 7.04. The topological polar surface area (TPSA) is 30.5 Å². The van der Waals surface area contributed by atoms with E-state index in [-0.39, 0.29) is 0 Å². The Bertz CT molecular complexity index is 632. The predicted molar refractivity (Wildman–Crippen MR) is 96.1 cm³/mol. The Hall–Kier alpha value is -0.880. The summed E-state index contributed by atoms with van der Waals surface area (Å²) in [5, 5.41) is 3.45. The zero-order chi connectivity index (χ0) is 15.9. The lowest BCUT2D eigenvalue weighted by molar-refractivity contribution is 0.185. The van der Waals surface area contributed by atoms with Crippen molar-refractivity contribution in [2.45, 2.75) is 19.7 Å². The number of ether oxygens (including phenoxy) is 2. The van der Waals surface area contributed by atoms with E-state index < -0.39 is 0 Å². The van der Waals surface area contributed by atoms with E-state index in [9.17, 15) is 0 Å². The molecule has 0 fully saturated rings. The van der Waals surface area contributed by atoms with E-state index in [2.05, 4.69) is 67.5 Å². The second kappa shape index (κ2) is 8.67. The van der Waals surface area contributed by atoms with Crippen LogP contribution in [-0.2, 0) is 24.4 Å². The fraction of sp³-hybridized carbons (Fsp3) is 0.294. The predicted octanol–water partition coefficient (Wildman–Crippen LogP) is 4.66. The molecule has 118 valence electrons. The van der Waals surface area contributed by atoms with Crippen LogP contribution in [0.3, 0.4) is 0 Å². The van der Waals surface area contributed by atoms with Gasteiger partial charge < -0.3 is 14.8 Å². The molecule has 0 aliphatic carbocycles. The molecule has 5 heteroatoms. The van der Waals surface area contributed by atoms with Gasteiger partial charge in [0, 0.05) is 30.2 Å². The van der Waals surface area contributed by atoms with E-state index in [4.69, 9.17) is 9.47 Å². The number of rotatable bonds is 7. The Morgan fingerprint density at radius 1 is 1.00 bits per heavy atom. The average Bonchev–Trinajstić information content (AvgIpc) is 2.47. The first kappa shape index (κ1) is 17.5. The fourth-order valence-electron chi connectivity index (χ4n) is 2.31. The molecule has 2 aromatic rings. The standard InChI is InChI=1S/C17H19Br2NO2/c1-21-11-13-5-3-4-12(6-13)9-20-10-14-7-15(18)8-16(19)17(14)22-2/h3-8,20H,9-11H2,1-2H3. The van der Waals surface area contributed by atoms with E-state index in [1.807, 2.05) is 6.07 Å². The maximum Gasteiger partial charge on any atom is 0.137 e. The number of methoxy groups -OCH3 is 2. The van der Waals surface area contributed by atoms with Gasteiger partial charge in [-0.25, -0.2) is 0 Å². The average molecular weight is 429 g/mol. The molecule has 0 saturated carbocycles. The molecule has 3 nitrogen and oxygen atoms in total. The Morgan fingerprint density at radius 2 is 1.77 bits per heavy atom. The molecule has 0 amide bonds. The summed E-state index contributed by atoms with van der Waals surface area (Å²) in [5.74, 6) is 0.865. The van der Waals surface area contributed by atoms with Crippen molar-refractivity contribution in [3.63, 3.8) is 0 Å². The van der Waals surface area contributed by atoms with Gasteiger partial charge in [0.05, 0.1) is 18.2 Å². The lowest BCUT2D eigenvalue weighted by atomic mass is 10.1. The molecule has 0 bridgehead atoms. The number of halogens is 2. The van der Waals surface area contributed by atoms with Gasteiger partial charge in [-0.15, -0.1) is 0 Å². The normalized spacial score (nSPS) is 10.7. The van der Waals surface area contributed by atoms with Crippen molar-refractivity contribution in [2.75, 3.05) is 14.2 Å². The highest BCUT2D eigenvalue weighted by Crippen LogP contribution is 2.32. The first-order valence-electron chi connectivity index (χ1n) is 6.93. The summed E-state index contributed by atoms with van der Waals surface area (Å²) in [6.45, 7) is 2.17. The maximum atomic E-state index is 5.46. The highest BCUT2D eigenvalue weighted by atomic mass is 79.9. The summed E-state index contributed by atoms with van der Waals surface area (Å²) in [6.07, 6.45) is 0. The third-order valence-electron chi connectivity index (χ3n) is 3.24. The summed E-state index contributed by atoms with van der Waals surface area (Å²) in [4.78, 5) is 0. The summed E-state index contributed by atoms with van der Waals surface area (Å²) in [6, 6.07) is 12.4. The van der Waals surface area contributed by atoms with E-state index in [1.54, 1.807) is 14.2 Å². The smallest absolute Gasteiger partial charge is 0.137 e. The van der Waals surface area contributed by atoms with E-state index in [0.717, 1.165) is 33.3 Å². The minimum Gasteiger partial charge on any atom is -0.495 e. The van der Waals surface area contributed by atoms with Crippen molar-refractivity contribution in [2.24, 2.45) is 0 Å². The lowest BCUT2D eigenvalue weighted by Gasteiger charge is -2.12. The molecule has 0 aliphatic rings. The number of benzene rings is 2. The molecule has 0 aliphatic heterocycles. The lowest BCUT2D eigenvalue weighted by Crippen LogP contribution is -2.13. The van der Waals surface area contributed by atoms with E-state index in [0.29, 0.717) is 6.61 Å². The van der Waals surface area contributed by atoms with Gasteiger partial charge in [-0.1, -0.05) is 40.2 Å². The Kier molecular flexibility index (Phi) is 6.89. The van der Waals surface area contributed by atoms with Crippen molar-refractivity contribution in [1.29, 1.82) is 0 Å². The van der Waals surface area contributed by atoms with Crippen molar-refractivity contribution < 1.29 is 9.47 Å². The summed E-state index contributed by atoms with van der Waals surface area (Å²) in [5.41, 5.74) is 3.53. The van der Waals surface area contributed by atoms with Crippen LogP contribution in [-0.4, -0.2) is 14.2 Å². The zero-order valence-corrected chi connectivity index (χ0v) is 15.8. The van der Waals surface area contributed by atoms with Crippen molar-refractivity contribution >= 4 is 31.9 Å². The Labute approximate surface area is 148 Å². The van der Waals surface area contributed by atoms with Crippen LogP contribution >= 0.6 is 31.9 Å². The monoisotopic (exact) mass is 427 g/mol. The van der Waals surface area contributed by atoms with Gasteiger partial charge in [-0.05, 0) is 39.2 Å². The van der Waals surface area contributed by atoms with Gasteiger partial charge in [-0.2, -0.15) is 0 Å². The van der Waals surface area contributed by atoms with Gasteiger partial charge >= 0.3 is 0 Å². The minimum absolute atomic E-state index is 0.639. The zero-order valence-electron chi connectivity index (χ0n) is 12.7. The van der Waals surface area contributed by atoms with E-state index in [1.165, 1.54) is 11.1 Å².